The molecule has 106 valence electrons. The monoisotopic (exact) mass is 257 g/mol. The van der Waals surface area contributed by atoms with Crippen molar-refractivity contribution in [2.24, 2.45) is 5.73 Å². The molecule has 0 aliphatic carbocycles. The molecule has 1 saturated heterocycles. The first-order valence-electron chi connectivity index (χ1n) is 6.93. The van der Waals surface area contributed by atoms with Crippen LogP contribution in [0.4, 0.5) is 0 Å². The third kappa shape index (κ3) is 4.55. The number of nitrogens with zero attached hydrogens (tertiary/aromatic N) is 2. The second-order valence-electron chi connectivity index (χ2n) is 4.81. The minimum absolute atomic E-state index is 0.257. The summed E-state index contributed by atoms with van der Waals surface area (Å²) >= 11 is 0. The van der Waals surface area contributed by atoms with E-state index in [1.54, 1.807) is 7.11 Å². The molecule has 1 heterocycles. The Kier molecular flexibility index (Phi) is 7.23. The lowest BCUT2D eigenvalue weighted by Crippen LogP contribution is -2.53. The van der Waals surface area contributed by atoms with Gasteiger partial charge in [-0.25, -0.2) is 0 Å². The van der Waals surface area contributed by atoms with E-state index in [2.05, 4.69) is 11.8 Å². The second kappa shape index (κ2) is 8.45. The van der Waals surface area contributed by atoms with Gasteiger partial charge < -0.3 is 15.4 Å². The van der Waals surface area contributed by atoms with Gasteiger partial charge >= 0.3 is 0 Å². The third-order valence-corrected chi connectivity index (χ3v) is 3.67. The van der Waals surface area contributed by atoms with Gasteiger partial charge in [0.2, 0.25) is 5.91 Å². The average molecular weight is 257 g/mol. The Morgan fingerprint density at radius 3 is 2.50 bits per heavy atom. The third-order valence-electron chi connectivity index (χ3n) is 3.67. The number of amides is 1. The minimum atomic E-state index is 0.257. The van der Waals surface area contributed by atoms with Crippen LogP contribution < -0.4 is 5.73 Å². The summed E-state index contributed by atoms with van der Waals surface area (Å²) in [6, 6.07) is 0.468. The fourth-order valence-electron chi connectivity index (χ4n) is 2.44. The van der Waals surface area contributed by atoms with Crippen molar-refractivity contribution in [3.8, 4) is 0 Å². The van der Waals surface area contributed by atoms with Gasteiger partial charge in [-0.15, -0.1) is 0 Å². The predicted molar refractivity (Wildman–Crippen MR) is 72.4 cm³/mol. The number of rotatable bonds is 7. The van der Waals surface area contributed by atoms with E-state index in [9.17, 15) is 4.79 Å². The Balaban J connectivity index is 2.27. The zero-order valence-electron chi connectivity index (χ0n) is 11.7. The molecular formula is C13H27N3O2. The summed E-state index contributed by atoms with van der Waals surface area (Å²) in [5, 5.41) is 0. The van der Waals surface area contributed by atoms with Crippen molar-refractivity contribution < 1.29 is 9.53 Å². The van der Waals surface area contributed by atoms with E-state index in [0.29, 0.717) is 25.6 Å². The van der Waals surface area contributed by atoms with E-state index in [4.69, 9.17) is 10.5 Å². The normalized spacial score (nSPS) is 18.9. The van der Waals surface area contributed by atoms with Gasteiger partial charge in [-0.3, -0.25) is 9.69 Å². The lowest BCUT2D eigenvalue weighted by molar-refractivity contribution is -0.133. The number of hydrogen-bond donors (Lipinski definition) is 1. The van der Waals surface area contributed by atoms with Crippen molar-refractivity contribution in [2.75, 3.05) is 46.4 Å². The zero-order chi connectivity index (χ0) is 13.4. The summed E-state index contributed by atoms with van der Waals surface area (Å²) < 4.78 is 4.96. The SMILES string of the molecule is CCC(CN)N1CCN(C(=O)CCCOC)CC1. The first-order chi connectivity index (χ1) is 8.72. The number of carbonyl (C=O) groups excluding carboxylic acids is 1. The Morgan fingerprint density at radius 1 is 1.33 bits per heavy atom. The molecule has 1 aliphatic heterocycles. The van der Waals surface area contributed by atoms with Crippen molar-refractivity contribution in [2.45, 2.75) is 32.2 Å². The molecule has 1 unspecified atom stereocenters. The van der Waals surface area contributed by atoms with Crippen LogP contribution in [0.3, 0.4) is 0 Å². The molecule has 0 spiro atoms. The summed E-state index contributed by atoms with van der Waals surface area (Å²) in [5.74, 6) is 0.257. The lowest BCUT2D eigenvalue weighted by atomic mass is 10.1. The van der Waals surface area contributed by atoms with E-state index in [-0.39, 0.29) is 5.91 Å². The van der Waals surface area contributed by atoms with Crippen LogP contribution >= 0.6 is 0 Å². The van der Waals surface area contributed by atoms with Gasteiger partial charge in [0.25, 0.3) is 0 Å². The molecular weight excluding hydrogens is 230 g/mol. The minimum Gasteiger partial charge on any atom is -0.385 e. The smallest absolute Gasteiger partial charge is 0.222 e. The molecule has 18 heavy (non-hydrogen) atoms. The van der Waals surface area contributed by atoms with Crippen LogP contribution in [0.25, 0.3) is 0 Å². The highest BCUT2D eigenvalue weighted by atomic mass is 16.5. The lowest BCUT2D eigenvalue weighted by Gasteiger charge is -2.38. The van der Waals surface area contributed by atoms with Crippen molar-refractivity contribution in [3.63, 3.8) is 0 Å². The van der Waals surface area contributed by atoms with Gasteiger partial charge in [0.1, 0.15) is 0 Å². The Labute approximate surface area is 110 Å². The maximum atomic E-state index is 11.9. The van der Waals surface area contributed by atoms with Crippen LogP contribution in [-0.2, 0) is 9.53 Å². The fourth-order valence-corrected chi connectivity index (χ4v) is 2.44. The molecule has 0 saturated carbocycles. The quantitative estimate of drug-likeness (QED) is 0.666. The van der Waals surface area contributed by atoms with E-state index >= 15 is 0 Å². The standard InChI is InChI=1S/C13H27N3O2/c1-3-12(11-14)15-6-8-16(9-7-15)13(17)5-4-10-18-2/h12H,3-11,14H2,1-2H3. The van der Waals surface area contributed by atoms with E-state index in [1.165, 1.54) is 0 Å². The van der Waals surface area contributed by atoms with E-state index in [0.717, 1.165) is 39.0 Å². The summed E-state index contributed by atoms with van der Waals surface area (Å²) in [6.07, 6.45) is 2.50. The van der Waals surface area contributed by atoms with E-state index in [1.807, 2.05) is 4.90 Å². The molecule has 5 heteroatoms. The number of methoxy groups -OCH3 is 1. The first-order valence-corrected chi connectivity index (χ1v) is 6.93. The molecule has 0 aromatic rings. The van der Waals surface area contributed by atoms with Gasteiger partial charge in [0.05, 0.1) is 0 Å². The second-order valence-corrected chi connectivity index (χ2v) is 4.81. The maximum Gasteiger partial charge on any atom is 0.222 e. The number of carbonyl (C=O) groups is 1. The Bertz CT molecular complexity index is 236. The number of nitrogens with two attached hydrogens (primary N) is 1. The van der Waals surface area contributed by atoms with Crippen molar-refractivity contribution in [3.05, 3.63) is 0 Å². The zero-order valence-corrected chi connectivity index (χ0v) is 11.7. The van der Waals surface area contributed by atoms with Gasteiger partial charge in [-0.05, 0) is 12.8 Å². The van der Waals surface area contributed by atoms with Gasteiger partial charge in [0.15, 0.2) is 0 Å². The van der Waals surface area contributed by atoms with Crippen LogP contribution in [0.5, 0.6) is 0 Å². The molecule has 1 amide bonds. The number of piperazine rings is 1. The van der Waals surface area contributed by atoms with Crippen LogP contribution in [0.15, 0.2) is 0 Å². The topological polar surface area (TPSA) is 58.8 Å². The Hall–Kier alpha value is -0.650. The van der Waals surface area contributed by atoms with Gasteiger partial charge in [-0.2, -0.15) is 0 Å². The molecule has 1 rings (SSSR count). The molecule has 0 aromatic carbocycles. The largest absolute Gasteiger partial charge is 0.385 e. The van der Waals surface area contributed by atoms with E-state index < -0.39 is 0 Å². The molecule has 5 nitrogen and oxygen atoms in total. The molecule has 0 aromatic heterocycles. The van der Waals surface area contributed by atoms with Gasteiger partial charge in [0, 0.05) is 58.9 Å². The van der Waals surface area contributed by atoms with Crippen LogP contribution in [0, 0.1) is 0 Å². The Morgan fingerprint density at radius 2 is 2.00 bits per heavy atom. The summed E-state index contributed by atoms with van der Waals surface area (Å²) in [4.78, 5) is 16.3. The van der Waals surface area contributed by atoms with Crippen molar-refractivity contribution >= 4 is 5.91 Å². The average Bonchev–Trinajstić information content (AvgIpc) is 2.41. The maximum absolute atomic E-state index is 11.9. The van der Waals surface area contributed by atoms with Crippen molar-refractivity contribution in [1.29, 1.82) is 0 Å². The number of hydrogen-bond acceptors (Lipinski definition) is 4. The van der Waals surface area contributed by atoms with Crippen LogP contribution in [0.1, 0.15) is 26.2 Å². The van der Waals surface area contributed by atoms with Crippen LogP contribution in [0.2, 0.25) is 0 Å². The van der Waals surface area contributed by atoms with Crippen molar-refractivity contribution in [1.82, 2.24) is 9.80 Å². The molecule has 1 aliphatic rings. The van der Waals surface area contributed by atoms with Gasteiger partial charge in [-0.1, -0.05) is 6.92 Å². The highest BCUT2D eigenvalue weighted by Crippen LogP contribution is 2.10. The first kappa shape index (κ1) is 15.4. The highest BCUT2D eigenvalue weighted by Gasteiger charge is 2.24. The predicted octanol–water partition coefficient (Wildman–Crippen LogP) is 0.295. The molecule has 0 radical (unpaired) electrons. The van der Waals surface area contributed by atoms with Crippen LogP contribution in [-0.4, -0.2) is 68.2 Å². The summed E-state index contributed by atoms with van der Waals surface area (Å²) in [5.41, 5.74) is 5.75. The molecule has 2 N–H and O–H groups in total. The highest BCUT2D eigenvalue weighted by molar-refractivity contribution is 5.76. The molecule has 1 atom stereocenters. The molecule has 0 bridgehead atoms. The number of ether oxygens (including phenoxy) is 1. The summed E-state index contributed by atoms with van der Waals surface area (Å²) in [7, 11) is 1.67. The summed E-state index contributed by atoms with van der Waals surface area (Å²) in [6.45, 7) is 7.11. The molecule has 1 fully saturated rings. The fraction of sp³-hybridized carbons (Fsp3) is 0.923.